The van der Waals surface area contributed by atoms with E-state index in [9.17, 15) is 0 Å². The molecule has 0 N–H and O–H groups in total. The normalized spacial score (nSPS) is 10.9. The second kappa shape index (κ2) is 12.4. The molecule has 4 aromatic rings. The number of anilines is 2. The van der Waals surface area contributed by atoms with Crippen molar-refractivity contribution in [3.05, 3.63) is 119 Å². The van der Waals surface area contributed by atoms with Gasteiger partial charge in [0.2, 0.25) is 0 Å². The molecule has 4 aromatic carbocycles. The molecule has 0 aliphatic carbocycles. The van der Waals surface area contributed by atoms with Gasteiger partial charge in [0.25, 0.3) is 0 Å². The maximum absolute atomic E-state index is 2.43. The molecule has 0 bridgehead atoms. The Morgan fingerprint density at radius 1 is 0.389 bits per heavy atom. The van der Waals surface area contributed by atoms with E-state index in [1.807, 2.05) is 0 Å². The quantitative estimate of drug-likeness (QED) is 0.214. The molecule has 0 aliphatic rings. The molecule has 2 nitrogen and oxygen atoms in total. The lowest BCUT2D eigenvalue weighted by atomic mass is 10.0. The summed E-state index contributed by atoms with van der Waals surface area (Å²) in [5.41, 5.74) is 10.6. The van der Waals surface area contributed by atoms with Gasteiger partial charge in [-0.3, -0.25) is 0 Å². The third-order valence-corrected chi connectivity index (χ3v) is 7.17. The molecular formula is C34H40N2. The second-order valence-electron chi connectivity index (χ2n) is 9.46. The molecule has 0 atom stereocenters. The Morgan fingerprint density at radius 3 is 0.972 bits per heavy atom. The second-order valence-corrected chi connectivity index (χ2v) is 9.46. The molecule has 0 radical (unpaired) electrons. The molecule has 4 rings (SSSR count). The maximum atomic E-state index is 2.43. The minimum atomic E-state index is 0.924. The summed E-state index contributed by atoms with van der Waals surface area (Å²) in [6.45, 7) is 12.7. The van der Waals surface area contributed by atoms with Gasteiger partial charge in [0.15, 0.2) is 0 Å². The SMILES string of the molecule is CCc1ccc(N(CC)Cc2ccc(-c3ccc(CN(CC)c4ccc(CC)cc4)cc3)cc2)cc1. The molecule has 0 amide bonds. The lowest BCUT2D eigenvalue weighted by Gasteiger charge is -2.24. The van der Waals surface area contributed by atoms with Gasteiger partial charge in [-0.25, -0.2) is 0 Å². The van der Waals surface area contributed by atoms with Gasteiger partial charge in [0.1, 0.15) is 0 Å². The first-order valence-corrected chi connectivity index (χ1v) is 13.5. The van der Waals surface area contributed by atoms with Crippen molar-refractivity contribution in [3.8, 4) is 11.1 Å². The predicted molar refractivity (Wildman–Crippen MR) is 157 cm³/mol. The minimum absolute atomic E-state index is 0.924. The van der Waals surface area contributed by atoms with Crippen molar-refractivity contribution in [2.45, 2.75) is 53.6 Å². The Labute approximate surface area is 218 Å². The fraction of sp³-hybridized carbons (Fsp3) is 0.294. The van der Waals surface area contributed by atoms with Crippen molar-refractivity contribution in [2.24, 2.45) is 0 Å². The van der Waals surface area contributed by atoms with Crippen LogP contribution in [0.2, 0.25) is 0 Å². The first-order chi connectivity index (χ1) is 17.6. The van der Waals surface area contributed by atoms with Crippen molar-refractivity contribution in [1.82, 2.24) is 0 Å². The van der Waals surface area contributed by atoms with Crippen molar-refractivity contribution in [1.29, 1.82) is 0 Å². The number of benzene rings is 4. The average Bonchev–Trinajstić information content (AvgIpc) is 2.95. The number of aryl methyl sites for hydroxylation is 2. The summed E-state index contributed by atoms with van der Waals surface area (Å²) < 4.78 is 0. The number of hydrogen-bond donors (Lipinski definition) is 0. The van der Waals surface area contributed by atoms with Crippen LogP contribution >= 0.6 is 0 Å². The number of rotatable bonds is 11. The molecule has 0 unspecified atom stereocenters. The van der Waals surface area contributed by atoms with Gasteiger partial charge in [0.05, 0.1) is 0 Å². The molecular weight excluding hydrogens is 436 g/mol. The van der Waals surface area contributed by atoms with E-state index in [0.29, 0.717) is 0 Å². The fourth-order valence-electron chi connectivity index (χ4n) is 4.70. The third kappa shape index (κ3) is 6.37. The molecule has 0 fully saturated rings. The Morgan fingerprint density at radius 2 is 0.694 bits per heavy atom. The van der Waals surface area contributed by atoms with Gasteiger partial charge in [-0.05, 0) is 84.3 Å². The minimum Gasteiger partial charge on any atom is -0.367 e. The summed E-state index contributed by atoms with van der Waals surface area (Å²) in [5.74, 6) is 0. The molecule has 36 heavy (non-hydrogen) atoms. The molecule has 186 valence electrons. The molecule has 0 saturated carbocycles. The summed E-state index contributed by atoms with van der Waals surface area (Å²) in [6, 6.07) is 36.1. The smallest absolute Gasteiger partial charge is 0.0429 e. The first kappa shape index (κ1) is 25.6. The van der Waals surface area contributed by atoms with Crippen LogP contribution in [0.1, 0.15) is 49.9 Å². The zero-order valence-electron chi connectivity index (χ0n) is 22.4. The highest BCUT2D eigenvalue weighted by Crippen LogP contribution is 2.24. The molecule has 0 saturated heterocycles. The highest BCUT2D eigenvalue weighted by Gasteiger charge is 2.08. The Kier molecular flexibility index (Phi) is 8.84. The molecule has 2 heteroatoms. The van der Waals surface area contributed by atoms with Crippen molar-refractivity contribution < 1.29 is 0 Å². The molecule has 0 spiro atoms. The van der Waals surface area contributed by atoms with E-state index in [1.165, 1.54) is 44.8 Å². The largest absolute Gasteiger partial charge is 0.367 e. The summed E-state index contributed by atoms with van der Waals surface area (Å²) >= 11 is 0. The van der Waals surface area contributed by atoms with Gasteiger partial charge >= 0.3 is 0 Å². The van der Waals surface area contributed by atoms with Crippen molar-refractivity contribution in [2.75, 3.05) is 22.9 Å². The van der Waals surface area contributed by atoms with Crippen molar-refractivity contribution in [3.63, 3.8) is 0 Å². The Hall–Kier alpha value is -3.52. The highest BCUT2D eigenvalue weighted by atomic mass is 15.1. The van der Waals surface area contributed by atoms with Gasteiger partial charge in [-0.1, -0.05) is 86.6 Å². The number of hydrogen-bond acceptors (Lipinski definition) is 2. The van der Waals surface area contributed by atoms with E-state index >= 15 is 0 Å². The zero-order valence-corrected chi connectivity index (χ0v) is 22.4. The average molecular weight is 477 g/mol. The van der Waals surface area contributed by atoms with E-state index in [1.54, 1.807) is 0 Å². The van der Waals surface area contributed by atoms with Crippen LogP contribution in [0.4, 0.5) is 11.4 Å². The Bertz CT molecular complexity index is 1090. The van der Waals surface area contributed by atoms with E-state index in [0.717, 1.165) is 39.0 Å². The van der Waals surface area contributed by atoms with Crippen LogP contribution in [0.5, 0.6) is 0 Å². The fourth-order valence-corrected chi connectivity index (χ4v) is 4.70. The number of nitrogens with zero attached hydrogens (tertiary/aromatic N) is 2. The van der Waals surface area contributed by atoms with Crippen LogP contribution in [-0.4, -0.2) is 13.1 Å². The van der Waals surface area contributed by atoms with Gasteiger partial charge < -0.3 is 9.80 Å². The zero-order chi connectivity index (χ0) is 25.3. The summed E-state index contributed by atoms with van der Waals surface area (Å²) in [6.07, 6.45) is 2.16. The van der Waals surface area contributed by atoms with E-state index in [2.05, 4.69) is 135 Å². The van der Waals surface area contributed by atoms with Crippen LogP contribution < -0.4 is 9.80 Å². The van der Waals surface area contributed by atoms with Crippen LogP contribution in [0.3, 0.4) is 0 Å². The van der Waals surface area contributed by atoms with E-state index in [-0.39, 0.29) is 0 Å². The van der Waals surface area contributed by atoms with Gasteiger partial charge in [-0.15, -0.1) is 0 Å². The topological polar surface area (TPSA) is 6.48 Å². The molecule has 0 aliphatic heterocycles. The summed E-state index contributed by atoms with van der Waals surface area (Å²) in [7, 11) is 0. The van der Waals surface area contributed by atoms with Crippen molar-refractivity contribution >= 4 is 11.4 Å². The van der Waals surface area contributed by atoms with Crippen LogP contribution in [0.15, 0.2) is 97.1 Å². The predicted octanol–water partition coefficient (Wildman–Crippen LogP) is 8.53. The van der Waals surface area contributed by atoms with Crippen LogP contribution in [0.25, 0.3) is 11.1 Å². The standard InChI is InChI=1S/C34H40N2/c1-5-27-13-21-33(22-14-27)35(7-3)25-29-9-17-31(18-10-29)32-19-11-30(12-20-32)26-36(8-4)34-23-15-28(6-2)16-24-34/h9-24H,5-8,25-26H2,1-4H3. The lowest BCUT2D eigenvalue weighted by molar-refractivity contribution is 0.831. The van der Waals surface area contributed by atoms with Gasteiger partial charge in [0, 0.05) is 37.6 Å². The monoisotopic (exact) mass is 476 g/mol. The maximum Gasteiger partial charge on any atom is 0.0429 e. The van der Waals surface area contributed by atoms with Crippen LogP contribution in [-0.2, 0) is 25.9 Å². The van der Waals surface area contributed by atoms with Gasteiger partial charge in [-0.2, -0.15) is 0 Å². The summed E-state index contributed by atoms with van der Waals surface area (Å²) in [4.78, 5) is 4.86. The first-order valence-electron chi connectivity index (χ1n) is 13.5. The molecule has 0 aromatic heterocycles. The lowest BCUT2D eigenvalue weighted by Crippen LogP contribution is -2.21. The Balaban J connectivity index is 1.40. The molecule has 0 heterocycles. The van der Waals surface area contributed by atoms with E-state index in [4.69, 9.17) is 0 Å². The highest BCUT2D eigenvalue weighted by molar-refractivity contribution is 5.64. The van der Waals surface area contributed by atoms with Crippen LogP contribution in [0, 0.1) is 0 Å². The third-order valence-electron chi connectivity index (χ3n) is 7.17. The van der Waals surface area contributed by atoms with E-state index < -0.39 is 0 Å². The summed E-state index contributed by atoms with van der Waals surface area (Å²) in [5, 5.41) is 0.